The lowest BCUT2D eigenvalue weighted by molar-refractivity contribution is 0.104. The third-order valence-electron chi connectivity index (χ3n) is 5.03. The number of rotatable bonds is 5. The fraction of sp³-hybridized carbons (Fsp3) is 0.115. The number of carbonyl (C=O) groups is 1. The van der Waals surface area contributed by atoms with Gasteiger partial charge in [0.1, 0.15) is 12.4 Å². The molecule has 1 aliphatic carbocycles. The second kappa shape index (κ2) is 7.69. The van der Waals surface area contributed by atoms with Gasteiger partial charge in [0.25, 0.3) is 0 Å². The molecule has 138 valence electrons. The van der Waals surface area contributed by atoms with Gasteiger partial charge < -0.3 is 4.74 Å². The number of hydrogen-bond donors (Lipinski definition) is 0. The largest absolute Gasteiger partial charge is 0.489 e. The standard InChI is InChI=1S/C26H22O2/c1-3-19-8-10-21(11-9-19)17-28-24-12-13-25-22(16-24)15-23(26(25)27)14-20-6-4-18(2)5-7-20/h3-14,16H,1,15,17H2,2H3/b23-14+. The molecule has 3 aromatic rings. The van der Waals surface area contributed by atoms with E-state index in [1.54, 1.807) is 0 Å². The van der Waals surface area contributed by atoms with Crippen LogP contribution in [0.3, 0.4) is 0 Å². The molecule has 28 heavy (non-hydrogen) atoms. The highest BCUT2D eigenvalue weighted by atomic mass is 16.5. The van der Waals surface area contributed by atoms with Gasteiger partial charge in [-0.1, -0.05) is 66.7 Å². The minimum Gasteiger partial charge on any atom is -0.489 e. The molecule has 0 atom stereocenters. The predicted molar refractivity (Wildman–Crippen MR) is 114 cm³/mol. The van der Waals surface area contributed by atoms with Crippen molar-refractivity contribution in [2.24, 2.45) is 0 Å². The number of Topliss-reactive ketones (excluding diaryl/α,β-unsaturated/α-hetero) is 1. The van der Waals surface area contributed by atoms with Crippen molar-refractivity contribution in [3.05, 3.63) is 112 Å². The molecule has 0 saturated heterocycles. The fourth-order valence-electron chi connectivity index (χ4n) is 3.38. The van der Waals surface area contributed by atoms with Gasteiger partial charge in [0, 0.05) is 17.6 Å². The van der Waals surface area contributed by atoms with Gasteiger partial charge in [-0.15, -0.1) is 0 Å². The highest BCUT2D eigenvalue weighted by Gasteiger charge is 2.25. The third kappa shape index (κ3) is 3.81. The zero-order chi connectivity index (χ0) is 19.5. The Balaban J connectivity index is 1.48. The molecule has 0 radical (unpaired) electrons. The van der Waals surface area contributed by atoms with Crippen molar-refractivity contribution in [1.82, 2.24) is 0 Å². The van der Waals surface area contributed by atoms with Crippen LogP contribution in [0.15, 0.2) is 78.9 Å². The predicted octanol–water partition coefficient (Wildman–Crippen LogP) is 6.04. The highest BCUT2D eigenvalue weighted by molar-refractivity contribution is 6.15. The second-order valence-electron chi connectivity index (χ2n) is 7.14. The van der Waals surface area contributed by atoms with Gasteiger partial charge in [0.15, 0.2) is 5.78 Å². The zero-order valence-electron chi connectivity index (χ0n) is 15.9. The molecule has 0 aliphatic heterocycles. The topological polar surface area (TPSA) is 26.3 Å². The number of benzene rings is 3. The molecule has 2 heteroatoms. The first-order valence-electron chi connectivity index (χ1n) is 9.41. The summed E-state index contributed by atoms with van der Waals surface area (Å²) in [4.78, 5) is 12.7. The molecule has 0 fully saturated rings. The van der Waals surface area contributed by atoms with E-state index in [4.69, 9.17) is 4.74 Å². The number of fused-ring (bicyclic) bond motifs is 1. The second-order valence-corrected chi connectivity index (χ2v) is 7.14. The van der Waals surface area contributed by atoms with Crippen LogP contribution >= 0.6 is 0 Å². The average molecular weight is 366 g/mol. The third-order valence-corrected chi connectivity index (χ3v) is 5.03. The Bertz CT molecular complexity index is 1050. The molecular formula is C26H22O2. The van der Waals surface area contributed by atoms with Crippen molar-refractivity contribution < 1.29 is 9.53 Å². The summed E-state index contributed by atoms with van der Waals surface area (Å²) in [6.07, 6.45) is 4.46. The van der Waals surface area contributed by atoms with Crippen molar-refractivity contribution in [2.75, 3.05) is 0 Å². The molecule has 2 nitrogen and oxygen atoms in total. The minimum atomic E-state index is 0.113. The maximum atomic E-state index is 12.7. The van der Waals surface area contributed by atoms with E-state index in [-0.39, 0.29) is 5.78 Å². The van der Waals surface area contributed by atoms with E-state index in [1.807, 2.05) is 66.7 Å². The summed E-state index contributed by atoms with van der Waals surface area (Å²) in [5.41, 5.74) is 7.10. The van der Waals surface area contributed by atoms with Crippen molar-refractivity contribution >= 4 is 17.9 Å². The average Bonchev–Trinajstić information content (AvgIpc) is 3.03. The Hall–Kier alpha value is -3.39. The Kier molecular flexibility index (Phi) is 4.94. The molecule has 0 bridgehead atoms. The van der Waals surface area contributed by atoms with Gasteiger partial charge in [-0.2, -0.15) is 0 Å². The van der Waals surface area contributed by atoms with Crippen LogP contribution in [0.4, 0.5) is 0 Å². The van der Waals surface area contributed by atoms with Crippen LogP contribution < -0.4 is 4.74 Å². The van der Waals surface area contributed by atoms with E-state index in [0.29, 0.717) is 13.0 Å². The Morgan fingerprint density at radius 2 is 1.68 bits per heavy atom. The monoisotopic (exact) mass is 366 g/mol. The fourth-order valence-corrected chi connectivity index (χ4v) is 3.38. The number of hydrogen-bond acceptors (Lipinski definition) is 2. The first kappa shape index (κ1) is 18.0. The van der Waals surface area contributed by atoms with Crippen LogP contribution in [-0.4, -0.2) is 5.78 Å². The molecule has 0 unspecified atom stereocenters. The molecule has 3 aromatic carbocycles. The zero-order valence-corrected chi connectivity index (χ0v) is 15.9. The SMILES string of the molecule is C=Cc1ccc(COc2ccc3c(c2)C/C(=C\c2ccc(C)cc2)C3=O)cc1. The van der Waals surface area contributed by atoms with Crippen LogP contribution in [0, 0.1) is 6.92 Å². The van der Waals surface area contributed by atoms with Crippen LogP contribution in [-0.2, 0) is 13.0 Å². The van der Waals surface area contributed by atoms with Gasteiger partial charge in [-0.25, -0.2) is 0 Å². The summed E-state index contributed by atoms with van der Waals surface area (Å²) in [5.74, 6) is 0.901. The van der Waals surface area contributed by atoms with E-state index in [2.05, 4.69) is 25.6 Å². The van der Waals surface area contributed by atoms with Crippen LogP contribution in [0.25, 0.3) is 12.2 Å². The summed E-state index contributed by atoms with van der Waals surface area (Å²) >= 11 is 0. The van der Waals surface area contributed by atoms with Crippen LogP contribution in [0.1, 0.15) is 38.2 Å². The van der Waals surface area contributed by atoms with Crippen LogP contribution in [0.2, 0.25) is 0 Å². The number of ketones is 1. The molecular weight excluding hydrogens is 344 g/mol. The van der Waals surface area contributed by atoms with Gasteiger partial charge in [-0.3, -0.25) is 4.79 Å². The van der Waals surface area contributed by atoms with Crippen molar-refractivity contribution in [3.8, 4) is 5.75 Å². The first-order valence-corrected chi connectivity index (χ1v) is 9.41. The Morgan fingerprint density at radius 3 is 2.39 bits per heavy atom. The lowest BCUT2D eigenvalue weighted by atomic mass is 10.1. The smallest absolute Gasteiger partial charge is 0.189 e. The molecule has 0 saturated carbocycles. The maximum absolute atomic E-state index is 12.7. The van der Waals surface area contributed by atoms with Crippen molar-refractivity contribution in [3.63, 3.8) is 0 Å². The molecule has 0 amide bonds. The quantitative estimate of drug-likeness (QED) is 0.515. The van der Waals surface area contributed by atoms with Gasteiger partial charge in [-0.05, 0) is 53.5 Å². The lowest BCUT2D eigenvalue weighted by Crippen LogP contribution is -1.97. The molecule has 0 spiro atoms. The van der Waals surface area contributed by atoms with Gasteiger partial charge in [0.2, 0.25) is 0 Å². The number of aryl methyl sites for hydroxylation is 1. The minimum absolute atomic E-state index is 0.113. The Labute approximate surface area is 165 Å². The summed E-state index contributed by atoms with van der Waals surface area (Å²) in [5, 5.41) is 0. The van der Waals surface area contributed by atoms with E-state index in [0.717, 1.165) is 39.1 Å². The normalized spacial score (nSPS) is 14.2. The highest BCUT2D eigenvalue weighted by Crippen LogP contribution is 2.31. The number of allylic oxidation sites excluding steroid dienone is 1. The summed E-state index contributed by atoms with van der Waals surface area (Å²) in [7, 11) is 0. The summed E-state index contributed by atoms with van der Waals surface area (Å²) in [6, 6.07) is 22.1. The first-order chi connectivity index (χ1) is 13.6. The van der Waals surface area contributed by atoms with Gasteiger partial charge >= 0.3 is 0 Å². The Morgan fingerprint density at radius 1 is 0.964 bits per heavy atom. The van der Waals surface area contributed by atoms with E-state index in [9.17, 15) is 4.79 Å². The van der Waals surface area contributed by atoms with Crippen LogP contribution in [0.5, 0.6) is 5.75 Å². The number of carbonyl (C=O) groups excluding carboxylic acids is 1. The molecule has 0 heterocycles. The summed E-state index contributed by atoms with van der Waals surface area (Å²) < 4.78 is 5.94. The van der Waals surface area contributed by atoms with E-state index in [1.165, 1.54) is 5.56 Å². The van der Waals surface area contributed by atoms with E-state index >= 15 is 0 Å². The van der Waals surface area contributed by atoms with Crippen molar-refractivity contribution in [1.29, 1.82) is 0 Å². The summed E-state index contributed by atoms with van der Waals surface area (Å²) in [6.45, 7) is 6.32. The molecule has 4 rings (SSSR count). The molecule has 0 aromatic heterocycles. The lowest BCUT2D eigenvalue weighted by Gasteiger charge is -2.08. The molecule has 0 N–H and O–H groups in total. The number of ether oxygens (including phenoxy) is 1. The van der Waals surface area contributed by atoms with Crippen molar-refractivity contribution in [2.45, 2.75) is 20.0 Å². The maximum Gasteiger partial charge on any atom is 0.189 e. The van der Waals surface area contributed by atoms with Gasteiger partial charge in [0.05, 0.1) is 0 Å². The van der Waals surface area contributed by atoms with E-state index < -0.39 is 0 Å². The molecule has 1 aliphatic rings.